The Bertz CT molecular complexity index is 621. The summed E-state index contributed by atoms with van der Waals surface area (Å²) in [5.74, 6) is 0. The minimum absolute atomic E-state index is 0.0206. The highest BCUT2D eigenvalue weighted by molar-refractivity contribution is 5.56. The maximum absolute atomic E-state index is 11.1. The van der Waals surface area contributed by atoms with Gasteiger partial charge in [0.15, 0.2) is 0 Å². The third kappa shape index (κ3) is 2.60. The summed E-state index contributed by atoms with van der Waals surface area (Å²) in [5.41, 5.74) is 8.45. The lowest BCUT2D eigenvalue weighted by Crippen LogP contribution is -2.03. The minimum Gasteiger partial charge on any atom is -0.330 e. The van der Waals surface area contributed by atoms with Gasteiger partial charge in [-0.1, -0.05) is 5.21 Å². The molecule has 0 saturated heterocycles. The van der Waals surface area contributed by atoms with E-state index >= 15 is 0 Å². The van der Waals surface area contributed by atoms with Gasteiger partial charge in [0, 0.05) is 12.5 Å². The van der Waals surface area contributed by atoms with Crippen LogP contribution >= 0.6 is 0 Å². The van der Waals surface area contributed by atoms with Crippen molar-refractivity contribution in [3.8, 4) is 5.69 Å². The number of nitrogens with zero attached hydrogens (tertiary/aromatic N) is 4. The van der Waals surface area contributed by atoms with Gasteiger partial charge in [0.1, 0.15) is 5.69 Å². The van der Waals surface area contributed by atoms with Crippen LogP contribution in [-0.2, 0) is 6.42 Å². The molecule has 0 unspecified atom stereocenters. The molecule has 7 heteroatoms. The van der Waals surface area contributed by atoms with Gasteiger partial charge in [0.2, 0.25) is 0 Å². The molecule has 0 amide bonds. The second-order valence-electron chi connectivity index (χ2n) is 4.38. The van der Waals surface area contributed by atoms with Gasteiger partial charge >= 0.3 is 0 Å². The zero-order valence-electron chi connectivity index (χ0n) is 10.8. The van der Waals surface area contributed by atoms with Crippen molar-refractivity contribution in [3.63, 3.8) is 0 Å². The number of hydrogen-bond acceptors (Lipinski definition) is 5. The SMILES string of the molecule is Cc1cc(-n2cc(CCN)nn2)c([N+](=O)[O-])cc1C. The first-order chi connectivity index (χ1) is 9.02. The highest BCUT2D eigenvalue weighted by Gasteiger charge is 2.18. The first-order valence-corrected chi connectivity index (χ1v) is 5.90. The molecule has 100 valence electrons. The second-order valence-corrected chi connectivity index (χ2v) is 4.38. The quantitative estimate of drug-likeness (QED) is 0.660. The summed E-state index contributed by atoms with van der Waals surface area (Å²) in [6.45, 7) is 4.21. The van der Waals surface area contributed by atoms with Gasteiger partial charge in [-0.25, -0.2) is 4.68 Å². The smallest absolute Gasteiger partial charge is 0.295 e. The standard InChI is InChI=1S/C12H15N5O2/c1-8-5-11(12(17(18)19)6-9(8)2)16-7-10(3-4-13)14-15-16/h5-7H,3-4,13H2,1-2H3. The van der Waals surface area contributed by atoms with Gasteiger partial charge in [-0.05, 0) is 37.6 Å². The third-order valence-corrected chi connectivity index (χ3v) is 2.98. The minimum atomic E-state index is -0.411. The number of aromatic nitrogens is 3. The van der Waals surface area contributed by atoms with Gasteiger partial charge in [-0.2, -0.15) is 0 Å². The highest BCUT2D eigenvalue weighted by Crippen LogP contribution is 2.26. The number of nitro benzene ring substituents is 1. The van der Waals surface area contributed by atoms with E-state index in [9.17, 15) is 10.1 Å². The van der Waals surface area contributed by atoms with E-state index in [2.05, 4.69) is 10.3 Å². The van der Waals surface area contributed by atoms with Gasteiger partial charge in [0.25, 0.3) is 5.69 Å². The number of aryl methyl sites for hydroxylation is 2. The van der Waals surface area contributed by atoms with Crippen LogP contribution in [-0.4, -0.2) is 26.5 Å². The maximum atomic E-state index is 11.1. The fourth-order valence-corrected chi connectivity index (χ4v) is 1.79. The monoisotopic (exact) mass is 261 g/mol. The lowest BCUT2D eigenvalue weighted by Gasteiger charge is -2.06. The zero-order chi connectivity index (χ0) is 14.0. The molecule has 1 aromatic heterocycles. The van der Waals surface area contributed by atoms with Crippen molar-refractivity contribution in [2.75, 3.05) is 6.54 Å². The number of benzene rings is 1. The van der Waals surface area contributed by atoms with E-state index in [1.165, 1.54) is 4.68 Å². The molecule has 1 aromatic carbocycles. The summed E-state index contributed by atoms with van der Waals surface area (Å²) >= 11 is 0. The molecule has 0 saturated carbocycles. The molecule has 0 aliphatic heterocycles. The molecule has 0 spiro atoms. The molecule has 0 aliphatic carbocycles. The van der Waals surface area contributed by atoms with E-state index in [4.69, 9.17) is 5.73 Å². The van der Waals surface area contributed by atoms with E-state index in [-0.39, 0.29) is 5.69 Å². The molecule has 2 N–H and O–H groups in total. The Kier molecular flexibility index (Phi) is 3.57. The maximum Gasteiger partial charge on any atom is 0.295 e. The van der Waals surface area contributed by atoms with Gasteiger partial charge in [-0.15, -0.1) is 5.10 Å². The first kappa shape index (κ1) is 13.2. The van der Waals surface area contributed by atoms with Gasteiger partial charge in [0.05, 0.1) is 16.8 Å². The lowest BCUT2D eigenvalue weighted by atomic mass is 10.1. The van der Waals surface area contributed by atoms with Crippen LogP contribution in [0.5, 0.6) is 0 Å². The average Bonchev–Trinajstić information content (AvgIpc) is 2.81. The molecule has 0 aliphatic rings. The van der Waals surface area contributed by atoms with Crippen LogP contribution in [0.2, 0.25) is 0 Å². The Morgan fingerprint density at radius 2 is 2.05 bits per heavy atom. The Morgan fingerprint density at radius 3 is 2.68 bits per heavy atom. The fourth-order valence-electron chi connectivity index (χ4n) is 1.79. The summed E-state index contributed by atoms with van der Waals surface area (Å²) in [6, 6.07) is 3.29. The molecular weight excluding hydrogens is 246 g/mol. The predicted octanol–water partition coefficient (Wildman–Crippen LogP) is 1.29. The number of nitrogens with two attached hydrogens (primary N) is 1. The van der Waals surface area contributed by atoms with Crippen LogP contribution in [0.25, 0.3) is 5.69 Å². The van der Waals surface area contributed by atoms with Crippen molar-refractivity contribution < 1.29 is 4.92 Å². The summed E-state index contributed by atoms with van der Waals surface area (Å²) in [6.07, 6.45) is 2.27. The largest absolute Gasteiger partial charge is 0.330 e. The summed E-state index contributed by atoms with van der Waals surface area (Å²) < 4.78 is 1.43. The van der Waals surface area contributed by atoms with E-state index in [0.29, 0.717) is 18.7 Å². The van der Waals surface area contributed by atoms with E-state index in [1.807, 2.05) is 13.8 Å². The van der Waals surface area contributed by atoms with Crippen molar-refractivity contribution in [1.29, 1.82) is 0 Å². The molecule has 2 rings (SSSR count). The van der Waals surface area contributed by atoms with Crippen LogP contribution < -0.4 is 5.73 Å². The highest BCUT2D eigenvalue weighted by atomic mass is 16.6. The van der Waals surface area contributed by atoms with E-state index in [0.717, 1.165) is 16.8 Å². The number of nitro groups is 1. The molecular formula is C12H15N5O2. The average molecular weight is 261 g/mol. The molecule has 7 nitrogen and oxygen atoms in total. The Balaban J connectivity index is 2.53. The van der Waals surface area contributed by atoms with Crippen molar-refractivity contribution in [3.05, 3.63) is 45.3 Å². The molecule has 0 radical (unpaired) electrons. The van der Waals surface area contributed by atoms with Crippen LogP contribution in [0.1, 0.15) is 16.8 Å². The van der Waals surface area contributed by atoms with Gasteiger partial charge in [-0.3, -0.25) is 10.1 Å². The molecule has 0 bridgehead atoms. The van der Waals surface area contributed by atoms with E-state index < -0.39 is 4.92 Å². The van der Waals surface area contributed by atoms with Crippen LogP contribution in [0.15, 0.2) is 18.3 Å². The molecule has 1 heterocycles. The molecule has 2 aromatic rings. The second kappa shape index (κ2) is 5.15. The molecule has 0 fully saturated rings. The van der Waals surface area contributed by atoms with E-state index in [1.54, 1.807) is 18.3 Å². The number of rotatable bonds is 4. The Morgan fingerprint density at radius 1 is 1.37 bits per heavy atom. The third-order valence-electron chi connectivity index (χ3n) is 2.98. The zero-order valence-corrected chi connectivity index (χ0v) is 10.8. The predicted molar refractivity (Wildman–Crippen MR) is 70.2 cm³/mol. The normalized spacial score (nSPS) is 10.7. The Labute approximate surface area is 110 Å². The Hall–Kier alpha value is -2.28. The van der Waals surface area contributed by atoms with Crippen LogP contribution in [0.3, 0.4) is 0 Å². The summed E-state index contributed by atoms with van der Waals surface area (Å²) in [4.78, 5) is 10.7. The van der Waals surface area contributed by atoms with Crippen molar-refractivity contribution in [1.82, 2.24) is 15.0 Å². The van der Waals surface area contributed by atoms with Crippen LogP contribution in [0.4, 0.5) is 5.69 Å². The summed E-state index contributed by atoms with van der Waals surface area (Å²) in [5, 5.41) is 19.0. The lowest BCUT2D eigenvalue weighted by molar-refractivity contribution is -0.384. The molecule has 0 atom stereocenters. The number of hydrogen-bond donors (Lipinski definition) is 1. The first-order valence-electron chi connectivity index (χ1n) is 5.90. The fraction of sp³-hybridized carbons (Fsp3) is 0.333. The topological polar surface area (TPSA) is 99.9 Å². The van der Waals surface area contributed by atoms with Crippen LogP contribution in [0, 0.1) is 24.0 Å². The summed E-state index contributed by atoms with van der Waals surface area (Å²) in [7, 11) is 0. The van der Waals surface area contributed by atoms with Crippen molar-refractivity contribution in [2.45, 2.75) is 20.3 Å². The van der Waals surface area contributed by atoms with Crippen molar-refractivity contribution >= 4 is 5.69 Å². The van der Waals surface area contributed by atoms with Crippen molar-refractivity contribution in [2.24, 2.45) is 5.73 Å². The van der Waals surface area contributed by atoms with Gasteiger partial charge < -0.3 is 5.73 Å². The molecule has 19 heavy (non-hydrogen) atoms.